The van der Waals surface area contributed by atoms with Crippen molar-refractivity contribution >= 4 is 39.3 Å². The number of aryl methyl sites for hydroxylation is 1. The normalized spacial score (nSPS) is 12.1. The highest BCUT2D eigenvalue weighted by molar-refractivity contribution is 7.98. The molecule has 10 heteroatoms. The van der Waals surface area contributed by atoms with E-state index in [1.165, 1.54) is 16.7 Å². The number of rotatable bonds is 14. The number of hydrogen-bond donors (Lipinski definition) is 1. The molecule has 0 saturated heterocycles. The molecule has 0 heterocycles. The van der Waals surface area contributed by atoms with E-state index in [0.717, 1.165) is 20.3 Å². The van der Waals surface area contributed by atoms with Gasteiger partial charge in [0.2, 0.25) is 11.8 Å². The zero-order valence-electron chi connectivity index (χ0n) is 25.2. The summed E-state index contributed by atoms with van der Waals surface area (Å²) in [5.74, 6) is 0.0270. The molecule has 3 aromatic carbocycles. The number of carbonyl (C=O) groups is 2. The van der Waals surface area contributed by atoms with Gasteiger partial charge in [-0.2, -0.15) is 0 Å². The number of nitrogens with one attached hydrogen (secondary N) is 1. The van der Waals surface area contributed by atoms with Crippen LogP contribution in [0.3, 0.4) is 0 Å². The summed E-state index contributed by atoms with van der Waals surface area (Å²) in [5.41, 5.74) is 2.22. The zero-order valence-corrected chi connectivity index (χ0v) is 26.8. The fraction of sp³-hybridized carbons (Fsp3) is 0.375. The van der Waals surface area contributed by atoms with Crippen molar-refractivity contribution in [1.82, 2.24) is 10.2 Å². The van der Waals surface area contributed by atoms with E-state index in [2.05, 4.69) is 5.32 Å². The van der Waals surface area contributed by atoms with Gasteiger partial charge >= 0.3 is 0 Å². The Kier molecular flexibility index (Phi) is 11.9. The maximum Gasteiger partial charge on any atom is 0.264 e. The molecule has 0 bridgehead atoms. The van der Waals surface area contributed by atoms with E-state index < -0.39 is 28.5 Å². The number of sulfonamides is 1. The second kappa shape index (κ2) is 15.1. The quantitative estimate of drug-likeness (QED) is 0.242. The minimum Gasteiger partial charge on any atom is -0.494 e. The van der Waals surface area contributed by atoms with Crippen molar-refractivity contribution < 1.29 is 22.7 Å². The molecule has 0 saturated carbocycles. The van der Waals surface area contributed by atoms with Crippen molar-refractivity contribution in [3.63, 3.8) is 0 Å². The SMILES string of the molecule is CCOc1ccc(N(CC(=O)N(Cc2ccc(C)cc2)C(C)C(=O)NCC(C)C)S(=O)(=O)c2ccc(SC)cc2)cc1. The third-order valence-corrected chi connectivity index (χ3v) is 9.22. The van der Waals surface area contributed by atoms with Crippen LogP contribution in [0.25, 0.3) is 0 Å². The fourth-order valence-corrected chi connectivity index (χ4v) is 6.03. The first-order valence-electron chi connectivity index (χ1n) is 14.0. The van der Waals surface area contributed by atoms with E-state index in [1.807, 2.05) is 58.2 Å². The Hall–Kier alpha value is -3.50. The summed E-state index contributed by atoms with van der Waals surface area (Å²) < 4.78 is 34.7. The Bertz CT molecular complexity index is 1420. The topological polar surface area (TPSA) is 96.0 Å². The van der Waals surface area contributed by atoms with Crippen LogP contribution in [0.2, 0.25) is 0 Å². The molecule has 42 heavy (non-hydrogen) atoms. The van der Waals surface area contributed by atoms with Crippen LogP contribution in [0.1, 0.15) is 38.8 Å². The summed E-state index contributed by atoms with van der Waals surface area (Å²) in [7, 11) is -4.14. The van der Waals surface area contributed by atoms with Crippen molar-refractivity contribution in [2.45, 2.75) is 57.0 Å². The first-order valence-corrected chi connectivity index (χ1v) is 16.6. The molecule has 8 nitrogen and oxygen atoms in total. The number of benzene rings is 3. The van der Waals surface area contributed by atoms with Gasteiger partial charge in [-0.05, 0) is 87.0 Å². The van der Waals surface area contributed by atoms with Crippen molar-refractivity contribution in [3.8, 4) is 5.75 Å². The number of ether oxygens (including phenoxy) is 1. The Morgan fingerprint density at radius 2 is 1.55 bits per heavy atom. The van der Waals surface area contributed by atoms with Gasteiger partial charge in [-0.3, -0.25) is 13.9 Å². The van der Waals surface area contributed by atoms with Crippen molar-refractivity contribution in [1.29, 1.82) is 0 Å². The van der Waals surface area contributed by atoms with E-state index in [9.17, 15) is 18.0 Å². The molecule has 0 spiro atoms. The predicted octanol–water partition coefficient (Wildman–Crippen LogP) is 5.50. The van der Waals surface area contributed by atoms with Crippen LogP contribution in [0.5, 0.6) is 5.75 Å². The summed E-state index contributed by atoms with van der Waals surface area (Å²) in [6.07, 6.45) is 1.91. The third-order valence-electron chi connectivity index (χ3n) is 6.69. The lowest BCUT2D eigenvalue weighted by atomic mass is 10.1. The fourth-order valence-electron chi connectivity index (χ4n) is 4.20. The van der Waals surface area contributed by atoms with Crippen LogP contribution in [0, 0.1) is 12.8 Å². The summed E-state index contributed by atoms with van der Waals surface area (Å²) >= 11 is 1.51. The van der Waals surface area contributed by atoms with E-state index in [1.54, 1.807) is 55.5 Å². The van der Waals surface area contributed by atoms with Crippen LogP contribution < -0.4 is 14.4 Å². The van der Waals surface area contributed by atoms with Gasteiger partial charge in [-0.15, -0.1) is 11.8 Å². The van der Waals surface area contributed by atoms with Crippen LogP contribution in [0.4, 0.5) is 5.69 Å². The van der Waals surface area contributed by atoms with Crippen molar-refractivity contribution in [2.24, 2.45) is 5.92 Å². The van der Waals surface area contributed by atoms with Crippen LogP contribution in [0.15, 0.2) is 82.6 Å². The van der Waals surface area contributed by atoms with Gasteiger partial charge in [0.25, 0.3) is 10.0 Å². The number of nitrogens with zero attached hydrogens (tertiary/aromatic N) is 2. The molecule has 0 aromatic heterocycles. The molecule has 226 valence electrons. The number of hydrogen-bond acceptors (Lipinski definition) is 6. The molecule has 2 amide bonds. The molecule has 3 rings (SSSR count). The number of carbonyl (C=O) groups excluding carboxylic acids is 2. The average molecular weight is 612 g/mol. The highest BCUT2D eigenvalue weighted by Gasteiger charge is 2.32. The minimum atomic E-state index is -4.14. The van der Waals surface area contributed by atoms with E-state index in [4.69, 9.17) is 4.74 Å². The molecular weight excluding hydrogens is 571 g/mol. The summed E-state index contributed by atoms with van der Waals surface area (Å²) in [4.78, 5) is 29.6. The van der Waals surface area contributed by atoms with Gasteiger partial charge in [-0.25, -0.2) is 8.42 Å². The van der Waals surface area contributed by atoms with Crippen molar-refractivity contribution in [2.75, 3.05) is 30.3 Å². The van der Waals surface area contributed by atoms with Gasteiger partial charge in [0.1, 0.15) is 18.3 Å². The van der Waals surface area contributed by atoms with Gasteiger partial charge < -0.3 is 15.0 Å². The molecule has 1 atom stereocenters. The monoisotopic (exact) mass is 611 g/mol. The molecule has 1 unspecified atom stereocenters. The largest absolute Gasteiger partial charge is 0.494 e. The highest BCUT2D eigenvalue weighted by atomic mass is 32.2. The third kappa shape index (κ3) is 8.75. The Morgan fingerprint density at radius 1 is 0.929 bits per heavy atom. The lowest BCUT2D eigenvalue weighted by molar-refractivity contribution is -0.139. The van der Waals surface area contributed by atoms with Crippen LogP contribution in [-0.2, 0) is 26.2 Å². The smallest absolute Gasteiger partial charge is 0.264 e. The summed E-state index contributed by atoms with van der Waals surface area (Å²) in [5, 5.41) is 2.90. The Labute approximate surface area is 254 Å². The van der Waals surface area contributed by atoms with Gasteiger partial charge in [0.15, 0.2) is 0 Å². The van der Waals surface area contributed by atoms with Crippen LogP contribution in [-0.4, -0.2) is 57.1 Å². The Balaban J connectivity index is 2.01. The van der Waals surface area contributed by atoms with Gasteiger partial charge in [-0.1, -0.05) is 43.7 Å². The molecular formula is C32H41N3O5S2. The summed E-state index contributed by atoms with van der Waals surface area (Å²) in [6, 6.07) is 20.0. The predicted molar refractivity (Wildman–Crippen MR) is 169 cm³/mol. The zero-order chi connectivity index (χ0) is 30.9. The highest BCUT2D eigenvalue weighted by Crippen LogP contribution is 2.28. The maximum atomic E-state index is 14.0. The van der Waals surface area contributed by atoms with E-state index >= 15 is 0 Å². The summed E-state index contributed by atoms with van der Waals surface area (Å²) in [6.45, 7) is 10.1. The maximum absolute atomic E-state index is 14.0. The first kappa shape index (κ1) is 33.0. The average Bonchev–Trinajstić information content (AvgIpc) is 2.98. The van der Waals surface area contributed by atoms with Gasteiger partial charge in [0, 0.05) is 18.0 Å². The molecule has 0 fully saturated rings. The van der Waals surface area contributed by atoms with Crippen LogP contribution >= 0.6 is 11.8 Å². The lowest BCUT2D eigenvalue weighted by Crippen LogP contribution is -2.51. The second-order valence-corrected chi connectivity index (χ2v) is 13.2. The molecule has 3 aromatic rings. The van der Waals surface area contributed by atoms with E-state index in [-0.39, 0.29) is 23.3 Å². The molecule has 0 aliphatic carbocycles. The molecule has 0 aliphatic heterocycles. The number of amides is 2. The Morgan fingerprint density at radius 3 is 2.10 bits per heavy atom. The van der Waals surface area contributed by atoms with E-state index in [0.29, 0.717) is 24.6 Å². The molecule has 0 radical (unpaired) electrons. The first-order chi connectivity index (χ1) is 20.0. The lowest BCUT2D eigenvalue weighted by Gasteiger charge is -2.32. The second-order valence-electron chi connectivity index (χ2n) is 10.4. The molecule has 0 aliphatic rings. The standard InChI is InChI=1S/C32H41N3O5S2/c1-7-40-28-14-12-27(13-15-28)35(42(38,39)30-18-16-29(41-6)17-19-30)22-31(36)34(21-26-10-8-24(4)9-11-26)25(5)32(37)33-20-23(2)3/h8-19,23,25H,7,20-22H2,1-6H3,(H,33,37). The number of thioether (sulfide) groups is 1. The van der Waals surface area contributed by atoms with Gasteiger partial charge in [0.05, 0.1) is 17.2 Å². The molecule has 1 N–H and O–H groups in total. The minimum absolute atomic E-state index is 0.0646. The van der Waals surface area contributed by atoms with Crippen molar-refractivity contribution in [3.05, 3.63) is 83.9 Å². The number of anilines is 1.